The van der Waals surface area contributed by atoms with Crippen molar-refractivity contribution >= 4 is 29.1 Å². The molecular formula is C18H20N4O3. The van der Waals surface area contributed by atoms with Gasteiger partial charge in [-0.05, 0) is 49.4 Å². The minimum absolute atomic E-state index is 0.0281. The average molecular weight is 340 g/mol. The smallest absolute Gasteiger partial charge is 0.251 e. The summed E-state index contributed by atoms with van der Waals surface area (Å²) in [6, 6.07) is 13.2. The molecule has 3 amide bonds. The molecule has 0 atom stereocenters. The second kappa shape index (κ2) is 8.49. The van der Waals surface area contributed by atoms with Crippen LogP contribution in [0.25, 0.3) is 0 Å². The molecule has 0 heterocycles. The second-order valence-corrected chi connectivity index (χ2v) is 5.28. The van der Waals surface area contributed by atoms with Gasteiger partial charge in [0.15, 0.2) is 0 Å². The summed E-state index contributed by atoms with van der Waals surface area (Å²) in [4.78, 5) is 34.8. The molecule has 5 N–H and O–H groups in total. The summed E-state index contributed by atoms with van der Waals surface area (Å²) in [6.07, 6.45) is 0. The Morgan fingerprint density at radius 2 is 1.68 bits per heavy atom. The van der Waals surface area contributed by atoms with Gasteiger partial charge in [0.25, 0.3) is 5.91 Å². The Kier molecular flexibility index (Phi) is 6.11. The Balaban J connectivity index is 1.89. The van der Waals surface area contributed by atoms with Gasteiger partial charge in [-0.1, -0.05) is 6.07 Å². The van der Waals surface area contributed by atoms with Crippen LogP contribution in [-0.4, -0.2) is 30.8 Å². The van der Waals surface area contributed by atoms with Gasteiger partial charge in [-0.3, -0.25) is 14.4 Å². The predicted octanol–water partition coefficient (Wildman–Crippen LogP) is 1.59. The number of primary amides is 1. The normalized spacial score (nSPS) is 9.96. The maximum absolute atomic E-state index is 12.0. The first-order valence-corrected chi connectivity index (χ1v) is 7.81. The number of rotatable bonds is 7. The van der Waals surface area contributed by atoms with E-state index in [1.54, 1.807) is 48.5 Å². The summed E-state index contributed by atoms with van der Waals surface area (Å²) in [5.74, 6) is -0.938. The first-order chi connectivity index (χ1) is 12.0. The Hall–Kier alpha value is -3.35. The van der Waals surface area contributed by atoms with E-state index in [4.69, 9.17) is 5.73 Å². The third-order valence-electron chi connectivity index (χ3n) is 3.37. The van der Waals surface area contributed by atoms with E-state index >= 15 is 0 Å². The van der Waals surface area contributed by atoms with Crippen molar-refractivity contribution < 1.29 is 14.4 Å². The van der Waals surface area contributed by atoms with Crippen molar-refractivity contribution in [3.63, 3.8) is 0 Å². The minimum atomic E-state index is -0.527. The first kappa shape index (κ1) is 18.0. The highest BCUT2D eigenvalue weighted by molar-refractivity contribution is 5.97. The quantitative estimate of drug-likeness (QED) is 0.613. The van der Waals surface area contributed by atoms with E-state index in [2.05, 4.69) is 16.0 Å². The SMILES string of the molecule is CCNC(=O)c1ccc(NC(=O)CNc2cccc(C(N)=O)c2)cc1. The van der Waals surface area contributed by atoms with E-state index in [1.165, 1.54) is 0 Å². The molecule has 0 spiro atoms. The van der Waals surface area contributed by atoms with Gasteiger partial charge in [0.05, 0.1) is 6.54 Å². The third kappa shape index (κ3) is 5.35. The molecule has 0 aliphatic carbocycles. The Labute approximate surface area is 145 Å². The Bertz CT molecular complexity index is 772. The summed E-state index contributed by atoms with van der Waals surface area (Å²) in [5.41, 5.74) is 7.33. The van der Waals surface area contributed by atoms with Gasteiger partial charge in [0.2, 0.25) is 11.8 Å². The van der Waals surface area contributed by atoms with Gasteiger partial charge < -0.3 is 21.7 Å². The largest absolute Gasteiger partial charge is 0.376 e. The number of anilines is 2. The Morgan fingerprint density at radius 3 is 2.32 bits per heavy atom. The van der Waals surface area contributed by atoms with E-state index in [1.807, 2.05) is 6.92 Å². The van der Waals surface area contributed by atoms with Gasteiger partial charge in [-0.25, -0.2) is 0 Å². The highest BCUT2D eigenvalue weighted by Crippen LogP contribution is 2.11. The van der Waals surface area contributed by atoms with Crippen molar-refractivity contribution in [1.82, 2.24) is 5.32 Å². The maximum atomic E-state index is 12.0. The number of carbonyl (C=O) groups is 3. The molecule has 25 heavy (non-hydrogen) atoms. The van der Waals surface area contributed by atoms with Crippen LogP contribution in [0, 0.1) is 0 Å². The molecule has 130 valence electrons. The summed E-state index contributed by atoms with van der Waals surface area (Å²) in [7, 11) is 0. The topological polar surface area (TPSA) is 113 Å². The van der Waals surface area contributed by atoms with Crippen LogP contribution in [0.4, 0.5) is 11.4 Å². The van der Waals surface area contributed by atoms with Crippen molar-refractivity contribution in [2.75, 3.05) is 23.7 Å². The van der Waals surface area contributed by atoms with E-state index in [9.17, 15) is 14.4 Å². The van der Waals surface area contributed by atoms with Crippen molar-refractivity contribution in [1.29, 1.82) is 0 Å². The molecule has 7 nitrogen and oxygen atoms in total. The van der Waals surface area contributed by atoms with Crippen LogP contribution < -0.4 is 21.7 Å². The molecule has 0 saturated heterocycles. The standard InChI is InChI=1S/C18H20N4O3/c1-2-20-18(25)12-6-8-14(9-7-12)22-16(23)11-21-15-5-3-4-13(10-15)17(19)24/h3-10,21H,2,11H2,1H3,(H2,19,24)(H,20,25)(H,22,23). The molecule has 0 radical (unpaired) electrons. The molecule has 0 bridgehead atoms. The fourth-order valence-electron chi connectivity index (χ4n) is 2.14. The molecule has 0 aliphatic rings. The van der Waals surface area contributed by atoms with Gasteiger partial charge in [0, 0.05) is 29.0 Å². The lowest BCUT2D eigenvalue weighted by molar-refractivity contribution is -0.114. The number of hydrogen-bond acceptors (Lipinski definition) is 4. The number of carbonyl (C=O) groups excluding carboxylic acids is 3. The number of benzene rings is 2. The average Bonchev–Trinajstić information content (AvgIpc) is 2.61. The lowest BCUT2D eigenvalue weighted by Crippen LogP contribution is -2.23. The highest BCUT2D eigenvalue weighted by atomic mass is 16.2. The van der Waals surface area contributed by atoms with E-state index < -0.39 is 5.91 Å². The number of nitrogens with two attached hydrogens (primary N) is 1. The van der Waals surface area contributed by atoms with Crippen LogP contribution >= 0.6 is 0 Å². The summed E-state index contributed by atoms with van der Waals surface area (Å²) < 4.78 is 0. The lowest BCUT2D eigenvalue weighted by Gasteiger charge is -2.09. The fraction of sp³-hybridized carbons (Fsp3) is 0.167. The zero-order valence-electron chi connectivity index (χ0n) is 13.8. The van der Waals surface area contributed by atoms with Crippen molar-refractivity contribution in [3.8, 4) is 0 Å². The number of amides is 3. The Morgan fingerprint density at radius 1 is 0.960 bits per heavy atom. The molecule has 0 aromatic heterocycles. The van der Waals surface area contributed by atoms with Crippen molar-refractivity contribution in [3.05, 3.63) is 59.7 Å². The monoisotopic (exact) mass is 340 g/mol. The number of nitrogens with one attached hydrogen (secondary N) is 3. The van der Waals surface area contributed by atoms with Crippen LogP contribution in [0.5, 0.6) is 0 Å². The molecule has 0 unspecified atom stereocenters. The van der Waals surface area contributed by atoms with Crippen LogP contribution in [0.1, 0.15) is 27.6 Å². The van der Waals surface area contributed by atoms with Crippen molar-refractivity contribution in [2.45, 2.75) is 6.92 Å². The zero-order chi connectivity index (χ0) is 18.2. The summed E-state index contributed by atoms with van der Waals surface area (Å²) in [5, 5.41) is 8.35. The molecule has 2 rings (SSSR count). The highest BCUT2D eigenvalue weighted by Gasteiger charge is 2.06. The molecule has 2 aromatic rings. The van der Waals surface area contributed by atoms with Gasteiger partial charge in [-0.2, -0.15) is 0 Å². The predicted molar refractivity (Wildman–Crippen MR) is 96.5 cm³/mol. The first-order valence-electron chi connectivity index (χ1n) is 7.81. The maximum Gasteiger partial charge on any atom is 0.251 e. The molecule has 0 saturated carbocycles. The molecule has 2 aromatic carbocycles. The zero-order valence-corrected chi connectivity index (χ0v) is 13.8. The van der Waals surface area contributed by atoms with Crippen LogP contribution in [-0.2, 0) is 4.79 Å². The van der Waals surface area contributed by atoms with E-state index in [0.29, 0.717) is 29.0 Å². The summed E-state index contributed by atoms with van der Waals surface area (Å²) >= 11 is 0. The molecular weight excluding hydrogens is 320 g/mol. The fourth-order valence-corrected chi connectivity index (χ4v) is 2.14. The van der Waals surface area contributed by atoms with Crippen LogP contribution in [0.15, 0.2) is 48.5 Å². The van der Waals surface area contributed by atoms with Gasteiger partial charge >= 0.3 is 0 Å². The molecule has 0 fully saturated rings. The molecule has 7 heteroatoms. The minimum Gasteiger partial charge on any atom is -0.376 e. The van der Waals surface area contributed by atoms with Crippen molar-refractivity contribution in [2.24, 2.45) is 5.73 Å². The lowest BCUT2D eigenvalue weighted by atomic mass is 10.2. The third-order valence-corrected chi connectivity index (χ3v) is 3.37. The van der Waals surface area contributed by atoms with Gasteiger partial charge in [-0.15, -0.1) is 0 Å². The van der Waals surface area contributed by atoms with Crippen LogP contribution in [0.2, 0.25) is 0 Å². The molecule has 0 aliphatic heterocycles. The summed E-state index contributed by atoms with van der Waals surface area (Å²) in [6.45, 7) is 2.43. The van der Waals surface area contributed by atoms with E-state index in [0.717, 1.165) is 0 Å². The van der Waals surface area contributed by atoms with Crippen LogP contribution in [0.3, 0.4) is 0 Å². The van der Waals surface area contributed by atoms with E-state index in [-0.39, 0.29) is 18.4 Å². The number of hydrogen-bond donors (Lipinski definition) is 4. The van der Waals surface area contributed by atoms with Gasteiger partial charge in [0.1, 0.15) is 0 Å². The second-order valence-electron chi connectivity index (χ2n) is 5.28.